The highest BCUT2D eigenvalue weighted by atomic mass is 16.5. The van der Waals surface area contributed by atoms with Crippen molar-refractivity contribution in [2.24, 2.45) is 11.1 Å². The lowest BCUT2D eigenvalue weighted by Crippen LogP contribution is -2.50. The molecule has 1 atom stereocenters. The van der Waals surface area contributed by atoms with E-state index in [1.807, 2.05) is 30.3 Å². The molecule has 0 heterocycles. The molecule has 0 aliphatic heterocycles. The molecule has 0 aliphatic carbocycles. The quantitative estimate of drug-likeness (QED) is 0.133. The van der Waals surface area contributed by atoms with E-state index in [0.717, 1.165) is 31.2 Å². The van der Waals surface area contributed by atoms with Crippen molar-refractivity contribution in [3.8, 4) is 0 Å². The lowest BCUT2D eigenvalue weighted by molar-refractivity contribution is -0.145. The molecular weight excluding hydrogens is 522 g/mol. The van der Waals surface area contributed by atoms with Crippen LogP contribution in [0.2, 0.25) is 0 Å². The van der Waals surface area contributed by atoms with Crippen molar-refractivity contribution >= 4 is 29.5 Å². The molecule has 0 fully saturated rings. The maximum atomic E-state index is 12.9. The molecule has 0 bridgehead atoms. The van der Waals surface area contributed by atoms with Gasteiger partial charge in [-0.1, -0.05) is 57.5 Å². The number of carbonyl (C=O) groups is 5. The normalized spacial score (nSPS) is 12.7. The first-order chi connectivity index (χ1) is 19.4. The van der Waals surface area contributed by atoms with E-state index in [-0.39, 0.29) is 81.0 Å². The number of esters is 1. The Labute approximate surface area is 245 Å². The van der Waals surface area contributed by atoms with Gasteiger partial charge in [0.25, 0.3) is 0 Å². The van der Waals surface area contributed by atoms with Crippen LogP contribution in [0, 0.1) is 5.41 Å². The van der Waals surface area contributed by atoms with Crippen LogP contribution in [0.1, 0.15) is 117 Å². The van der Waals surface area contributed by atoms with Crippen molar-refractivity contribution in [3.63, 3.8) is 0 Å². The second-order valence-electron chi connectivity index (χ2n) is 11.9. The first kappa shape index (κ1) is 35.8. The summed E-state index contributed by atoms with van der Waals surface area (Å²) >= 11 is 0. The van der Waals surface area contributed by atoms with Gasteiger partial charge in [-0.3, -0.25) is 19.2 Å². The van der Waals surface area contributed by atoms with Crippen LogP contribution in [0.15, 0.2) is 30.3 Å². The fraction of sp³-hybridized carbons (Fsp3) is 0.656. The molecule has 9 heteroatoms. The summed E-state index contributed by atoms with van der Waals surface area (Å²) in [7, 11) is 0. The molecule has 0 aromatic heterocycles. The molecule has 0 saturated heterocycles. The number of rotatable bonds is 22. The number of Topliss-reactive ketones (excluding diaryl/α,β-unsaturated/α-hetero) is 1. The van der Waals surface area contributed by atoms with Crippen LogP contribution in [0.4, 0.5) is 0 Å². The van der Waals surface area contributed by atoms with E-state index in [9.17, 15) is 24.0 Å². The smallest absolute Gasteiger partial charge is 0.306 e. The Kier molecular flexibility index (Phi) is 16.6. The number of hydrogen-bond acceptors (Lipinski definition) is 6. The molecule has 1 aromatic rings. The zero-order valence-corrected chi connectivity index (χ0v) is 25.5. The summed E-state index contributed by atoms with van der Waals surface area (Å²) < 4.78 is 5.27. The van der Waals surface area contributed by atoms with Gasteiger partial charge in [0.15, 0.2) is 0 Å². The molecule has 1 rings (SSSR count). The molecule has 9 nitrogen and oxygen atoms in total. The lowest BCUT2D eigenvalue weighted by atomic mass is 9.82. The van der Waals surface area contributed by atoms with E-state index in [0.29, 0.717) is 13.0 Å². The Bertz CT molecular complexity index is 959. The van der Waals surface area contributed by atoms with Crippen molar-refractivity contribution in [1.29, 1.82) is 0 Å². The first-order valence-electron chi connectivity index (χ1n) is 14.9. The van der Waals surface area contributed by atoms with Gasteiger partial charge in [0.2, 0.25) is 17.7 Å². The summed E-state index contributed by atoms with van der Waals surface area (Å²) in [6.45, 7) is 8.84. The number of amides is 3. The Morgan fingerprint density at radius 2 is 1.46 bits per heavy atom. The molecule has 4 N–H and O–H groups in total. The van der Waals surface area contributed by atoms with Crippen molar-refractivity contribution in [2.75, 3.05) is 6.54 Å². The Balaban J connectivity index is 2.70. The topological polar surface area (TPSA) is 145 Å². The van der Waals surface area contributed by atoms with Crippen LogP contribution >= 0.6 is 0 Å². The lowest BCUT2D eigenvalue weighted by Gasteiger charge is -2.35. The van der Waals surface area contributed by atoms with Gasteiger partial charge in [0, 0.05) is 44.2 Å². The zero-order valence-electron chi connectivity index (χ0n) is 25.5. The molecule has 1 unspecified atom stereocenters. The maximum Gasteiger partial charge on any atom is 0.306 e. The highest BCUT2D eigenvalue weighted by Gasteiger charge is 2.33. The molecule has 1 aromatic carbocycles. The molecule has 0 aliphatic rings. The van der Waals surface area contributed by atoms with Crippen molar-refractivity contribution in [1.82, 2.24) is 10.6 Å². The summed E-state index contributed by atoms with van der Waals surface area (Å²) in [5, 5.41) is 5.96. The van der Waals surface area contributed by atoms with Gasteiger partial charge in [-0.25, -0.2) is 0 Å². The summed E-state index contributed by atoms with van der Waals surface area (Å²) in [5.74, 6) is -1.42. The minimum Gasteiger partial charge on any atom is -0.461 e. The van der Waals surface area contributed by atoms with Gasteiger partial charge in [0.1, 0.15) is 12.4 Å². The highest BCUT2D eigenvalue weighted by Crippen LogP contribution is 2.28. The molecule has 0 saturated carbocycles. The van der Waals surface area contributed by atoms with Crippen LogP contribution in [-0.4, -0.2) is 41.6 Å². The van der Waals surface area contributed by atoms with Gasteiger partial charge in [-0.15, -0.1) is 0 Å². The third kappa shape index (κ3) is 17.2. The number of primary amides is 1. The molecule has 0 spiro atoms. The second-order valence-corrected chi connectivity index (χ2v) is 11.9. The summed E-state index contributed by atoms with van der Waals surface area (Å²) in [6, 6.07) is 9.34. The Morgan fingerprint density at radius 1 is 0.805 bits per heavy atom. The fourth-order valence-corrected chi connectivity index (χ4v) is 4.94. The number of carbonyl (C=O) groups excluding carboxylic acids is 5. The predicted octanol–water partition coefficient (Wildman–Crippen LogP) is 4.89. The van der Waals surface area contributed by atoms with E-state index in [4.69, 9.17) is 10.5 Å². The van der Waals surface area contributed by atoms with Gasteiger partial charge in [-0.2, -0.15) is 0 Å². The standard InChI is InChI=1S/C32H51N3O6/c1-5-18-31(3,4)19-10-23-34-28(38)17-22-32(20-15-25(2)36,21-16-27(33)37)35-29(39)13-9-14-30(40)41-24-26-11-7-6-8-12-26/h6-8,11-12H,5,9-10,13-24H2,1-4H3,(H2,33,37)(H,34,38)(H,35,39). The number of ketones is 1. The molecule has 41 heavy (non-hydrogen) atoms. The third-order valence-electron chi connectivity index (χ3n) is 7.35. The van der Waals surface area contributed by atoms with Crippen LogP contribution in [0.25, 0.3) is 0 Å². The van der Waals surface area contributed by atoms with Gasteiger partial charge >= 0.3 is 5.97 Å². The highest BCUT2D eigenvalue weighted by molar-refractivity contribution is 5.80. The summed E-state index contributed by atoms with van der Waals surface area (Å²) in [4.78, 5) is 61.2. The molecule has 3 amide bonds. The van der Waals surface area contributed by atoms with Crippen LogP contribution in [-0.2, 0) is 35.3 Å². The van der Waals surface area contributed by atoms with Gasteiger partial charge in [-0.05, 0) is 62.8 Å². The average Bonchev–Trinajstić information content (AvgIpc) is 2.91. The SMILES string of the molecule is CCCC(C)(C)CCCNC(=O)CCC(CCC(C)=O)(CCC(N)=O)NC(=O)CCCC(=O)OCc1ccccc1. The molecular formula is C32H51N3O6. The first-order valence-corrected chi connectivity index (χ1v) is 14.9. The molecule has 230 valence electrons. The second kappa shape index (κ2) is 19.0. The van der Waals surface area contributed by atoms with E-state index >= 15 is 0 Å². The van der Waals surface area contributed by atoms with E-state index in [1.165, 1.54) is 6.92 Å². The number of nitrogens with two attached hydrogens (primary N) is 1. The van der Waals surface area contributed by atoms with Gasteiger partial charge in [0.05, 0.1) is 0 Å². The molecule has 0 radical (unpaired) electrons. The maximum absolute atomic E-state index is 12.9. The Hall–Kier alpha value is -3.23. The number of ether oxygens (including phenoxy) is 1. The third-order valence-corrected chi connectivity index (χ3v) is 7.35. The number of nitrogens with one attached hydrogen (secondary N) is 2. The largest absolute Gasteiger partial charge is 0.461 e. The van der Waals surface area contributed by atoms with Gasteiger partial charge < -0.3 is 25.9 Å². The zero-order chi connectivity index (χ0) is 30.7. The monoisotopic (exact) mass is 573 g/mol. The fourth-order valence-electron chi connectivity index (χ4n) is 4.94. The van der Waals surface area contributed by atoms with Crippen molar-refractivity contribution < 1.29 is 28.7 Å². The average molecular weight is 574 g/mol. The minimum atomic E-state index is -0.938. The Morgan fingerprint density at radius 3 is 2.10 bits per heavy atom. The van der Waals surface area contributed by atoms with Crippen molar-refractivity contribution in [2.45, 2.75) is 123 Å². The number of benzene rings is 1. The summed E-state index contributed by atoms with van der Waals surface area (Å²) in [5.41, 5.74) is 5.59. The summed E-state index contributed by atoms with van der Waals surface area (Å²) in [6.07, 6.45) is 5.70. The van der Waals surface area contributed by atoms with E-state index in [2.05, 4.69) is 31.4 Å². The number of hydrogen-bond donors (Lipinski definition) is 3. The van der Waals surface area contributed by atoms with E-state index in [1.54, 1.807) is 0 Å². The van der Waals surface area contributed by atoms with E-state index < -0.39 is 17.4 Å². The van der Waals surface area contributed by atoms with Crippen LogP contribution < -0.4 is 16.4 Å². The van der Waals surface area contributed by atoms with Crippen LogP contribution in [0.5, 0.6) is 0 Å². The predicted molar refractivity (Wildman–Crippen MR) is 159 cm³/mol. The minimum absolute atomic E-state index is 0.0120. The van der Waals surface area contributed by atoms with Crippen molar-refractivity contribution in [3.05, 3.63) is 35.9 Å². The van der Waals surface area contributed by atoms with Crippen LogP contribution in [0.3, 0.4) is 0 Å².